The molecule has 100 valence electrons. The molecule has 1 aromatic rings. The molecule has 1 atom stereocenters. The van der Waals surface area contributed by atoms with Gasteiger partial charge in [-0.15, -0.1) is 0 Å². The number of rotatable bonds is 4. The maximum absolute atomic E-state index is 11.9. The zero-order valence-electron chi connectivity index (χ0n) is 10.7. The lowest BCUT2D eigenvalue weighted by molar-refractivity contribution is -0.386. The van der Waals surface area contributed by atoms with E-state index in [2.05, 4.69) is 36.7 Å². The van der Waals surface area contributed by atoms with Crippen molar-refractivity contribution in [2.45, 2.75) is 27.3 Å². The van der Waals surface area contributed by atoms with Crippen LogP contribution in [0, 0.1) is 21.4 Å². The first-order chi connectivity index (χ1) is 8.27. The summed E-state index contributed by atoms with van der Waals surface area (Å²) >= 11 is 3.43. The highest BCUT2D eigenvalue weighted by molar-refractivity contribution is 9.09. The third-order valence-corrected chi connectivity index (χ3v) is 3.81. The Morgan fingerprint density at radius 1 is 1.50 bits per heavy atom. The summed E-state index contributed by atoms with van der Waals surface area (Å²) in [5, 5.41) is 11.5. The van der Waals surface area contributed by atoms with Gasteiger partial charge in [-0.25, -0.2) is 0 Å². The first kappa shape index (κ1) is 14.9. The number of pyridine rings is 1. The van der Waals surface area contributed by atoms with E-state index in [-0.39, 0.29) is 17.0 Å². The first-order valence-electron chi connectivity index (χ1n) is 5.67. The highest BCUT2D eigenvalue weighted by atomic mass is 79.9. The normalized spacial score (nSPS) is 13.3. The molecular formula is C12H17BrN2O3. The van der Waals surface area contributed by atoms with Crippen molar-refractivity contribution in [1.29, 1.82) is 0 Å². The van der Waals surface area contributed by atoms with E-state index in [1.54, 1.807) is 6.20 Å². The number of hydrogen-bond acceptors (Lipinski definition) is 3. The lowest BCUT2D eigenvalue weighted by Gasteiger charge is -2.29. The summed E-state index contributed by atoms with van der Waals surface area (Å²) in [6.07, 6.45) is 1.59. The molecular weight excluding hydrogens is 300 g/mol. The van der Waals surface area contributed by atoms with E-state index in [4.69, 9.17) is 0 Å². The van der Waals surface area contributed by atoms with Crippen molar-refractivity contribution in [1.82, 2.24) is 4.57 Å². The van der Waals surface area contributed by atoms with Gasteiger partial charge in [-0.05, 0) is 17.4 Å². The van der Waals surface area contributed by atoms with Gasteiger partial charge in [0.2, 0.25) is 0 Å². The zero-order valence-corrected chi connectivity index (χ0v) is 12.3. The van der Waals surface area contributed by atoms with E-state index in [0.29, 0.717) is 6.54 Å². The standard InChI is InChI=1S/C12H17BrN2O3/c1-12(2,3)9(7-13)8-14-6-4-5-10(11(14)16)15(17)18/h4-6,9H,7-8H2,1-3H3. The molecule has 18 heavy (non-hydrogen) atoms. The van der Waals surface area contributed by atoms with Crippen molar-refractivity contribution >= 4 is 21.6 Å². The molecule has 6 heteroatoms. The van der Waals surface area contributed by atoms with Crippen LogP contribution in [0.4, 0.5) is 5.69 Å². The molecule has 0 saturated heterocycles. The number of hydrogen-bond donors (Lipinski definition) is 0. The monoisotopic (exact) mass is 316 g/mol. The summed E-state index contributed by atoms with van der Waals surface area (Å²) in [6.45, 7) is 6.72. The van der Waals surface area contributed by atoms with Crippen LogP contribution in [0.2, 0.25) is 0 Å². The molecule has 0 radical (unpaired) electrons. The molecule has 0 aliphatic carbocycles. The van der Waals surface area contributed by atoms with Gasteiger partial charge in [-0.1, -0.05) is 36.7 Å². The lowest BCUT2D eigenvalue weighted by Crippen LogP contribution is -2.32. The molecule has 0 aliphatic rings. The van der Waals surface area contributed by atoms with Crippen LogP contribution < -0.4 is 5.56 Å². The molecule has 0 bridgehead atoms. The smallest absolute Gasteiger partial charge is 0.309 e. The minimum absolute atomic E-state index is 0.0214. The average Bonchev–Trinajstić information content (AvgIpc) is 2.25. The molecule has 1 unspecified atom stereocenters. The Morgan fingerprint density at radius 2 is 2.11 bits per heavy atom. The molecule has 5 nitrogen and oxygen atoms in total. The molecule has 0 saturated carbocycles. The Kier molecular flexibility index (Phi) is 4.67. The van der Waals surface area contributed by atoms with Gasteiger partial charge >= 0.3 is 11.2 Å². The molecule has 0 amide bonds. The third-order valence-electron chi connectivity index (χ3n) is 3.02. The Bertz CT molecular complexity index is 491. The second-order valence-corrected chi connectivity index (χ2v) is 5.97. The maximum Gasteiger partial charge on any atom is 0.334 e. The van der Waals surface area contributed by atoms with E-state index in [1.807, 2.05) is 0 Å². The van der Waals surface area contributed by atoms with Crippen molar-refractivity contribution in [2.75, 3.05) is 5.33 Å². The van der Waals surface area contributed by atoms with Gasteiger partial charge in [0.05, 0.1) is 4.92 Å². The summed E-state index contributed by atoms with van der Waals surface area (Å²) in [4.78, 5) is 22.0. The van der Waals surface area contributed by atoms with Gasteiger partial charge in [0, 0.05) is 24.1 Å². The van der Waals surface area contributed by atoms with Gasteiger partial charge in [-0.2, -0.15) is 0 Å². The molecule has 0 aromatic carbocycles. The second-order valence-electron chi connectivity index (χ2n) is 5.33. The number of nitro groups is 1. The van der Waals surface area contributed by atoms with Crippen LogP contribution >= 0.6 is 15.9 Å². The number of alkyl halides is 1. The number of nitrogens with zero attached hydrogens (tertiary/aromatic N) is 2. The van der Waals surface area contributed by atoms with E-state index in [1.165, 1.54) is 16.7 Å². The van der Waals surface area contributed by atoms with Crippen LogP contribution in [0.3, 0.4) is 0 Å². The number of aromatic nitrogens is 1. The number of halogens is 1. The first-order valence-corrected chi connectivity index (χ1v) is 6.79. The van der Waals surface area contributed by atoms with Gasteiger partial charge in [0.1, 0.15) is 0 Å². The van der Waals surface area contributed by atoms with Crippen molar-refractivity contribution in [3.05, 3.63) is 38.8 Å². The topological polar surface area (TPSA) is 65.1 Å². The summed E-state index contributed by atoms with van der Waals surface area (Å²) in [7, 11) is 0. The fourth-order valence-corrected chi connectivity index (χ4v) is 2.77. The quantitative estimate of drug-likeness (QED) is 0.487. The molecule has 0 aliphatic heterocycles. The fraction of sp³-hybridized carbons (Fsp3) is 0.583. The molecule has 1 rings (SSSR count). The van der Waals surface area contributed by atoms with E-state index in [0.717, 1.165) is 5.33 Å². The molecule has 0 N–H and O–H groups in total. The predicted octanol–water partition coefficient (Wildman–Crippen LogP) is 2.81. The minimum atomic E-state index is -0.640. The Labute approximate surface area is 114 Å². The van der Waals surface area contributed by atoms with Crippen molar-refractivity contribution < 1.29 is 4.92 Å². The van der Waals surface area contributed by atoms with Crippen LogP contribution in [0.15, 0.2) is 23.1 Å². The Balaban J connectivity index is 3.09. The van der Waals surface area contributed by atoms with Crippen molar-refractivity contribution in [2.24, 2.45) is 11.3 Å². The third kappa shape index (κ3) is 3.41. The van der Waals surface area contributed by atoms with E-state index in [9.17, 15) is 14.9 Å². The van der Waals surface area contributed by atoms with E-state index >= 15 is 0 Å². The molecule has 0 fully saturated rings. The van der Waals surface area contributed by atoms with Gasteiger partial charge < -0.3 is 4.57 Å². The van der Waals surface area contributed by atoms with Gasteiger partial charge in [0.25, 0.3) is 0 Å². The molecule has 1 heterocycles. The zero-order chi connectivity index (χ0) is 13.9. The largest absolute Gasteiger partial charge is 0.334 e. The van der Waals surface area contributed by atoms with Gasteiger partial charge in [0.15, 0.2) is 0 Å². The minimum Gasteiger partial charge on any atom is -0.309 e. The summed E-state index contributed by atoms with van der Waals surface area (Å²) in [5.74, 6) is 0.220. The highest BCUT2D eigenvalue weighted by Crippen LogP contribution is 2.28. The molecule has 1 aromatic heterocycles. The Hall–Kier alpha value is -1.17. The Morgan fingerprint density at radius 3 is 2.56 bits per heavy atom. The molecule has 0 spiro atoms. The van der Waals surface area contributed by atoms with Crippen LogP contribution in [0.25, 0.3) is 0 Å². The maximum atomic E-state index is 11.9. The van der Waals surface area contributed by atoms with Gasteiger partial charge in [-0.3, -0.25) is 14.9 Å². The SMILES string of the molecule is CC(C)(C)C(CBr)Cn1cccc([N+](=O)[O-])c1=O. The summed E-state index contributed by atoms with van der Waals surface area (Å²) < 4.78 is 1.41. The van der Waals surface area contributed by atoms with Crippen LogP contribution in [0.5, 0.6) is 0 Å². The predicted molar refractivity (Wildman–Crippen MR) is 74.1 cm³/mol. The summed E-state index contributed by atoms with van der Waals surface area (Å²) in [5.41, 5.74) is -0.898. The lowest BCUT2D eigenvalue weighted by atomic mass is 9.82. The second kappa shape index (κ2) is 5.65. The summed E-state index contributed by atoms with van der Waals surface area (Å²) in [6, 6.07) is 2.77. The van der Waals surface area contributed by atoms with Crippen LogP contribution in [-0.4, -0.2) is 14.8 Å². The fourth-order valence-electron chi connectivity index (χ4n) is 1.60. The average molecular weight is 317 g/mol. The van der Waals surface area contributed by atoms with E-state index < -0.39 is 10.5 Å². The highest BCUT2D eigenvalue weighted by Gasteiger charge is 2.25. The van der Waals surface area contributed by atoms with Crippen LogP contribution in [-0.2, 0) is 6.54 Å². The van der Waals surface area contributed by atoms with Crippen molar-refractivity contribution in [3.63, 3.8) is 0 Å². The van der Waals surface area contributed by atoms with Crippen molar-refractivity contribution in [3.8, 4) is 0 Å². The van der Waals surface area contributed by atoms with Crippen LogP contribution in [0.1, 0.15) is 20.8 Å².